The Bertz CT molecular complexity index is 1160. The molecule has 0 spiro atoms. The number of aliphatic carboxylic acids is 1. The summed E-state index contributed by atoms with van der Waals surface area (Å²) in [6, 6.07) is 15.1. The van der Waals surface area contributed by atoms with E-state index in [-0.39, 0.29) is 5.76 Å². The van der Waals surface area contributed by atoms with E-state index in [9.17, 15) is 18.0 Å². The molecule has 3 aromatic heterocycles. The highest BCUT2D eigenvalue weighted by Gasteiger charge is 2.38. The van der Waals surface area contributed by atoms with Crippen LogP contribution >= 0.6 is 0 Å². The molecule has 2 N–H and O–H groups in total. The second kappa shape index (κ2) is 8.43. The number of aromatic nitrogens is 4. The van der Waals surface area contributed by atoms with Gasteiger partial charge in [0.15, 0.2) is 11.5 Å². The van der Waals surface area contributed by atoms with Crippen LogP contribution in [0.15, 0.2) is 65.4 Å². The third kappa shape index (κ3) is 4.98. The summed E-state index contributed by atoms with van der Waals surface area (Å²) in [5, 5.41) is 17.8. The number of hydrogen-bond donors (Lipinski definition) is 2. The second-order valence-electron chi connectivity index (χ2n) is 5.65. The number of amides is 1. The van der Waals surface area contributed by atoms with E-state index >= 15 is 0 Å². The molecule has 0 fully saturated rings. The Kier molecular flexibility index (Phi) is 5.76. The lowest BCUT2D eigenvalue weighted by molar-refractivity contribution is -0.192. The van der Waals surface area contributed by atoms with Gasteiger partial charge in [-0.2, -0.15) is 18.3 Å². The van der Waals surface area contributed by atoms with Crippen molar-refractivity contribution in [3.05, 3.63) is 66.7 Å². The Labute approximate surface area is 165 Å². The molecule has 0 bridgehead atoms. The molecule has 4 aromatic rings. The first kappa shape index (κ1) is 20.5. The number of nitrogens with zero attached hydrogens (tertiary/aromatic N) is 4. The topological polar surface area (TPSA) is 123 Å². The molecule has 1 amide bonds. The van der Waals surface area contributed by atoms with E-state index in [2.05, 4.69) is 20.6 Å². The number of carboxylic acids is 1. The second-order valence-corrected chi connectivity index (χ2v) is 5.65. The molecule has 9 nitrogen and oxygen atoms in total. The molecule has 0 aliphatic carbocycles. The fraction of sp³-hybridized carbons (Fsp3) is 0.0556. The van der Waals surface area contributed by atoms with E-state index in [4.69, 9.17) is 14.4 Å². The Morgan fingerprint density at radius 1 is 1.07 bits per heavy atom. The average molecular weight is 419 g/mol. The van der Waals surface area contributed by atoms with Crippen molar-refractivity contribution in [2.24, 2.45) is 0 Å². The highest BCUT2D eigenvalue weighted by Crippen LogP contribution is 2.18. The van der Waals surface area contributed by atoms with Gasteiger partial charge in [-0.15, -0.1) is 0 Å². The quantitative estimate of drug-likeness (QED) is 0.522. The minimum absolute atomic E-state index is 0.125. The number of fused-ring (bicyclic) bond motifs is 1. The lowest BCUT2D eigenvalue weighted by Gasteiger charge is -2.00. The molecule has 0 saturated heterocycles. The molecule has 154 valence electrons. The van der Waals surface area contributed by atoms with Crippen molar-refractivity contribution in [3.8, 4) is 11.3 Å². The van der Waals surface area contributed by atoms with Gasteiger partial charge in [0.2, 0.25) is 5.76 Å². The van der Waals surface area contributed by atoms with Crippen LogP contribution in [0.25, 0.3) is 16.9 Å². The Morgan fingerprint density at radius 2 is 1.77 bits per heavy atom. The number of rotatable bonds is 3. The number of nitrogens with one attached hydrogen (secondary N) is 1. The van der Waals surface area contributed by atoms with Crippen molar-refractivity contribution in [1.82, 2.24) is 19.8 Å². The van der Waals surface area contributed by atoms with E-state index in [1.54, 1.807) is 10.7 Å². The maximum Gasteiger partial charge on any atom is 0.490 e. The number of hydrogen-bond acceptors (Lipinski definition) is 6. The van der Waals surface area contributed by atoms with Gasteiger partial charge in [-0.05, 0) is 12.1 Å². The van der Waals surface area contributed by atoms with Gasteiger partial charge in [-0.25, -0.2) is 14.3 Å². The van der Waals surface area contributed by atoms with Gasteiger partial charge in [0.1, 0.15) is 0 Å². The fourth-order valence-corrected chi connectivity index (χ4v) is 2.22. The monoisotopic (exact) mass is 419 g/mol. The highest BCUT2D eigenvalue weighted by molar-refractivity contribution is 6.01. The van der Waals surface area contributed by atoms with Crippen molar-refractivity contribution in [3.63, 3.8) is 0 Å². The Hall–Kier alpha value is -4.22. The van der Waals surface area contributed by atoms with Crippen molar-refractivity contribution >= 4 is 23.3 Å². The molecular formula is C18H12F3N5O4. The summed E-state index contributed by atoms with van der Waals surface area (Å²) in [5.74, 6) is -2.65. The van der Waals surface area contributed by atoms with Gasteiger partial charge in [0.05, 0.1) is 18.1 Å². The van der Waals surface area contributed by atoms with Crippen molar-refractivity contribution in [2.45, 2.75) is 6.18 Å². The van der Waals surface area contributed by atoms with Crippen LogP contribution in [0.4, 0.5) is 19.0 Å². The molecule has 12 heteroatoms. The van der Waals surface area contributed by atoms with Crippen LogP contribution in [0.2, 0.25) is 0 Å². The highest BCUT2D eigenvalue weighted by atomic mass is 19.4. The predicted octanol–water partition coefficient (Wildman–Crippen LogP) is 3.27. The smallest absolute Gasteiger partial charge is 0.475 e. The van der Waals surface area contributed by atoms with E-state index in [1.165, 1.54) is 12.3 Å². The predicted molar refractivity (Wildman–Crippen MR) is 96.6 cm³/mol. The summed E-state index contributed by atoms with van der Waals surface area (Å²) >= 11 is 0. The number of carboxylic acid groups (broad SMARTS) is 1. The van der Waals surface area contributed by atoms with E-state index < -0.39 is 18.1 Å². The summed E-state index contributed by atoms with van der Waals surface area (Å²) in [6.07, 6.45) is -2.03. The number of benzene rings is 1. The number of carbonyl (C=O) groups is 2. The van der Waals surface area contributed by atoms with Gasteiger partial charge in [-0.3, -0.25) is 4.79 Å². The number of anilines is 1. The molecule has 0 radical (unpaired) electrons. The van der Waals surface area contributed by atoms with Gasteiger partial charge < -0.3 is 14.9 Å². The van der Waals surface area contributed by atoms with Crippen LogP contribution in [0.1, 0.15) is 10.6 Å². The summed E-state index contributed by atoms with van der Waals surface area (Å²) in [5.41, 5.74) is 2.47. The molecule has 30 heavy (non-hydrogen) atoms. The zero-order valence-corrected chi connectivity index (χ0v) is 14.9. The normalized spacial score (nSPS) is 10.9. The Morgan fingerprint density at radius 3 is 2.37 bits per heavy atom. The Balaban J connectivity index is 0.000000318. The summed E-state index contributed by atoms with van der Waals surface area (Å²) in [4.78, 5) is 25.1. The molecule has 0 saturated carbocycles. The maximum atomic E-state index is 11.9. The first-order valence-electron chi connectivity index (χ1n) is 8.18. The van der Waals surface area contributed by atoms with Crippen LogP contribution in [0.3, 0.4) is 0 Å². The summed E-state index contributed by atoms with van der Waals surface area (Å²) in [6.45, 7) is 0. The van der Waals surface area contributed by atoms with Crippen molar-refractivity contribution in [1.29, 1.82) is 0 Å². The largest absolute Gasteiger partial charge is 0.490 e. The van der Waals surface area contributed by atoms with Gasteiger partial charge in [0, 0.05) is 11.6 Å². The SMILES string of the molecule is O=C(Nc1cn2nc(-c3ccccc3)ccc2n1)c1ccno1.O=C(O)C(F)(F)F. The fourth-order valence-electron chi connectivity index (χ4n) is 2.22. The molecule has 0 unspecified atom stereocenters. The standard InChI is InChI=1S/C16H11N5O2.C2HF3O2/c22-16(13-8-9-17-23-13)19-14-10-21-15(18-14)7-6-12(20-21)11-4-2-1-3-5-11;3-2(4,5)1(6)7/h1-10H,(H,19,22);(H,6,7). The molecule has 1 aromatic carbocycles. The van der Waals surface area contributed by atoms with Gasteiger partial charge in [-0.1, -0.05) is 35.5 Å². The zero-order chi connectivity index (χ0) is 21.7. The van der Waals surface area contributed by atoms with E-state index in [1.807, 2.05) is 42.5 Å². The number of alkyl halides is 3. The van der Waals surface area contributed by atoms with Gasteiger partial charge >= 0.3 is 12.1 Å². The third-order valence-corrected chi connectivity index (χ3v) is 3.54. The number of imidazole rings is 1. The average Bonchev–Trinajstić information content (AvgIpc) is 3.37. The lowest BCUT2D eigenvalue weighted by atomic mass is 10.1. The molecule has 4 rings (SSSR count). The molecule has 3 heterocycles. The van der Waals surface area contributed by atoms with Crippen LogP contribution in [-0.4, -0.2) is 42.9 Å². The first-order valence-corrected chi connectivity index (χ1v) is 8.18. The van der Waals surface area contributed by atoms with E-state index in [0.29, 0.717) is 11.5 Å². The third-order valence-electron chi connectivity index (χ3n) is 3.54. The summed E-state index contributed by atoms with van der Waals surface area (Å²) < 4.78 is 38.2. The zero-order valence-electron chi connectivity index (χ0n) is 14.9. The van der Waals surface area contributed by atoms with Crippen molar-refractivity contribution in [2.75, 3.05) is 5.32 Å². The molecule has 0 atom stereocenters. The maximum absolute atomic E-state index is 11.9. The minimum Gasteiger partial charge on any atom is -0.475 e. The van der Waals surface area contributed by atoms with Crippen LogP contribution in [0.5, 0.6) is 0 Å². The lowest BCUT2D eigenvalue weighted by Crippen LogP contribution is -2.21. The summed E-state index contributed by atoms with van der Waals surface area (Å²) in [7, 11) is 0. The van der Waals surface area contributed by atoms with Crippen molar-refractivity contribution < 1.29 is 32.4 Å². The van der Waals surface area contributed by atoms with Gasteiger partial charge in [0.25, 0.3) is 5.91 Å². The van der Waals surface area contributed by atoms with E-state index in [0.717, 1.165) is 11.3 Å². The molecule has 0 aliphatic rings. The number of halogens is 3. The van der Waals surface area contributed by atoms with Crippen LogP contribution in [-0.2, 0) is 4.79 Å². The molecular weight excluding hydrogens is 407 g/mol. The molecule has 0 aliphatic heterocycles. The first-order chi connectivity index (χ1) is 14.2. The minimum atomic E-state index is -5.08. The number of carbonyl (C=O) groups excluding carboxylic acids is 1. The van der Waals surface area contributed by atoms with Crippen LogP contribution < -0.4 is 5.32 Å². The van der Waals surface area contributed by atoms with Crippen LogP contribution in [0, 0.1) is 0 Å².